The Morgan fingerprint density at radius 1 is 1.12 bits per heavy atom. The molecule has 3 rings (SSSR count). The number of aliphatic hydroxyl groups excluding tert-OH is 1. The SMILES string of the molecule is CCCCCNC(=O)[C@@H]1[C@H]2C=C[C@@H](C)[C@@H](C(=O)NC)[C@H]2C(=O)N1[C@@H](CO)Cc1ccccc1. The number of likely N-dealkylation sites (tertiary alicyclic amines) is 1. The first-order valence-electron chi connectivity index (χ1n) is 12.1. The van der Waals surface area contributed by atoms with Crippen molar-refractivity contribution >= 4 is 17.7 Å². The number of hydrogen-bond acceptors (Lipinski definition) is 4. The predicted octanol–water partition coefficient (Wildman–Crippen LogP) is 1.91. The summed E-state index contributed by atoms with van der Waals surface area (Å²) in [6.45, 7) is 4.32. The molecular weight excluding hydrogens is 418 g/mol. The Morgan fingerprint density at radius 3 is 2.48 bits per heavy atom. The molecule has 7 heteroatoms. The van der Waals surface area contributed by atoms with Gasteiger partial charge in [0.1, 0.15) is 6.04 Å². The smallest absolute Gasteiger partial charge is 0.243 e. The molecule has 6 atom stereocenters. The van der Waals surface area contributed by atoms with Crippen LogP contribution in [-0.4, -0.2) is 60.0 Å². The summed E-state index contributed by atoms with van der Waals surface area (Å²) < 4.78 is 0. The van der Waals surface area contributed by atoms with E-state index in [1.807, 2.05) is 49.4 Å². The summed E-state index contributed by atoms with van der Waals surface area (Å²) in [5.74, 6) is -2.34. The summed E-state index contributed by atoms with van der Waals surface area (Å²) in [6.07, 6.45) is 7.25. The molecule has 0 aromatic heterocycles. The van der Waals surface area contributed by atoms with Crippen LogP contribution in [-0.2, 0) is 20.8 Å². The van der Waals surface area contributed by atoms with Gasteiger partial charge in [0, 0.05) is 19.5 Å². The van der Waals surface area contributed by atoms with E-state index in [2.05, 4.69) is 17.6 Å². The average Bonchev–Trinajstić information content (AvgIpc) is 3.12. The molecule has 3 amide bonds. The van der Waals surface area contributed by atoms with Gasteiger partial charge in [0.25, 0.3) is 0 Å². The predicted molar refractivity (Wildman–Crippen MR) is 127 cm³/mol. The van der Waals surface area contributed by atoms with E-state index in [1.54, 1.807) is 11.9 Å². The molecule has 0 saturated carbocycles. The van der Waals surface area contributed by atoms with Gasteiger partial charge in [0.15, 0.2) is 0 Å². The first-order valence-corrected chi connectivity index (χ1v) is 12.1. The largest absolute Gasteiger partial charge is 0.394 e. The Balaban J connectivity index is 1.95. The maximum absolute atomic E-state index is 13.8. The van der Waals surface area contributed by atoms with Crippen LogP contribution in [0.15, 0.2) is 42.5 Å². The van der Waals surface area contributed by atoms with E-state index in [0.717, 1.165) is 24.8 Å². The lowest BCUT2D eigenvalue weighted by atomic mass is 9.70. The number of amides is 3. The molecule has 1 aliphatic carbocycles. The average molecular weight is 456 g/mol. The second-order valence-electron chi connectivity index (χ2n) is 9.20. The molecule has 1 fully saturated rings. The fraction of sp³-hybridized carbons (Fsp3) is 0.577. The molecule has 2 aliphatic rings. The molecule has 7 nitrogen and oxygen atoms in total. The standard InChI is InChI=1S/C26H37N3O4/c1-4-5-9-14-28-25(32)23-20-13-12-17(2)21(24(31)27-3)22(20)26(33)29(23)19(16-30)15-18-10-7-6-8-11-18/h6-8,10-13,17,19-23,30H,4-5,9,14-16H2,1-3H3,(H,27,31)(H,28,32)/t17-,19-,20+,21-,22+,23+/m1/s1. The molecule has 1 heterocycles. The normalized spacial score (nSPS) is 27.2. The summed E-state index contributed by atoms with van der Waals surface area (Å²) in [4.78, 5) is 41.5. The van der Waals surface area contributed by atoms with Crippen LogP contribution in [0.2, 0.25) is 0 Å². The molecule has 0 radical (unpaired) electrons. The van der Waals surface area contributed by atoms with Gasteiger partial charge in [-0.2, -0.15) is 0 Å². The van der Waals surface area contributed by atoms with Crippen molar-refractivity contribution in [3.8, 4) is 0 Å². The monoisotopic (exact) mass is 455 g/mol. The minimum absolute atomic E-state index is 0.120. The molecule has 0 spiro atoms. The lowest BCUT2D eigenvalue weighted by Gasteiger charge is -2.33. The number of unbranched alkanes of at least 4 members (excludes halogenated alkanes) is 2. The summed E-state index contributed by atoms with van der Waals surface area (Å²) in [6, 6.07) is 8.35. The van der Waals surface area contributed by atoms with Crippen molar-refractivity contribution in [1.82, 2.24) is 15.5 Å². The van der Waals surface area contributed by atoms with Gasteiger partial charge in [-0.25, -0.2) is 0 Å². The Labute approximate surface area is 196 Å². The third-order valence-electron chi connectivity index (χ3n) is 7.02. The van der Waals surface area contributed by atoms with Crippen LogP contribution in [0.3, 0.4) is 0 Å². The number of fused-ring (bicyclic) bond motifs is 1. The quantitative estimate of drug-likeness (QED) is 0.371. The fourth-order valence-electron chi connectivity index (χ4n) is 5.33. The second kappa shape index (κ2) is 11.5. The number of hydrogen-bond donors (Lipinski definition) is 3. The van der Waals surface area contributed by atoms with Gasteiger partial charge in [-0.15, -0.1) is 0 Å². The first kappa shape index (κ1) is 25.0. The van der Waals surface area contributed by atoms with Gasteiger partial charge in [0.2, 0.25) is 17.7 Å². The van der Waals surface area contributed by atoms with Crippen LogP contribution in [0.5, 0.6) is 0 Å². The lowest BCUT2D eigenvalue weighted by molar-refractivity contribution is -0.143. The summed E-state index contributed by atoms with van der Waals surface area (Å²) in [5, 5.41) is 16.0. The minimum Gasteiger partial charge on any atom is -0.394 e. The zero-order valence-electron chi connectivity index (χ0n) is 19.9. The molecule has 1 aromatic rings. The molecule has 0 unspecified atom stereocenters. The van der Waals surface area contributed by atoms with E-state index >= 15 is 0 Å². The van der Waals surface area contributed by atoms with Crippen molar-refractivity contribution < 1.29 is 19.5 Å². The van der Waals surface area contributed by atoms with E-state index in [1.165, 1.54) is 0 Å². The van der Waals surface area contributed by atoms with E-state index in [0.29, 0.717) is 13.0 Å². The van der Waals surface area contributed by atoms with E-state index in [4.69, 9.17) is 0 Å². The van der Waals surface area contributed by atoms with Crippen molar-refractivity contribution in [3.63, 3.8) is 0 Å². The van der Waals surface area contributed by atoms with Crippen LogP contribution in [0.1, 0.15) is 38.7 Å². The third kappa shape index (κ3) is 5.29. The molecule has 1 saturated heterocycles. The van der Waals surface area contributed by atoms with Gasteiger partial charge in [-0.1, -0.05) is 69.2 Å². The number of benzene rings is 1. The number of nitrogens with one attached hydrogen (secondary N) is 2. The zero-order chi connectivity index (χ0) is 24.0. The number of carbonyl (C=O) groups excluding carboxylic acids is 3. The molecule has 33 heavy (non-hydrogen) atoms. The zero-order valence-corrected chi connectivity index (χ0v) is 19.9. The van der Waals surface area contributed by atoms with Crippen LogP contribution < -0.4 is 10.6 Å². The summed E-state index contributed by atoms with van der Waals surface area (Å²) in [5.41, 5.74) is 0.980. The van der Waals surface area contributed by atoms with E-state index in [-0.39, 0.29) is 30.2 Å². The van der Waals surface area contributed by atoms with Crippen molar-refractivity contribution in [2.75, 3.05) is 20.2 Å². The number of rotatable bonds is 10. The number of allylic oxidation sites excluding steroid dienone is 1. The molecular formula is C26H37N3O4. The Hall–Kier alpha value is -2.67. The maximum Gasteiger partial charge on any atom is 0.243 e. The number of nitrogens with zero attached hydrogens (tertiary/aromatic N) is 1. The highest BCUT2D eigenvalue weighted by atomic mass is 16.3. The highest BCUT2D eigenvalue weighted by Crippen LogP contribution is 2.44. The van der Waals surface area contributed by atoms with Gasteiger partial charge >= 0.3 is 0 Å². The second-order valence-corrected chi connectivity index (χ2v) is 9.20. The first-order chi connectivity index (χ1) is 15.9. The Morgan fingerprint density at radius 2 is 1.85 bits per heavy atom. The minimum atomic E-state index is -0.749. The van der Waals surface area contributed by atoms with Gasteiger partial charge in [-0.05, 0) is 24.3 Å². The number of aliphatic hydroxyl groups is 1. The van der Waals surface area contributed by atoms with Crippen LogP contribution >= 0.6 is 0 Å². The molecule has 180 valence electrons. The topological polar surface area (TPSA) is 98.7 Å². The van der Waals surface area contributed by atoms with Crippen molar-refractivity contribution in [2.24, 2.45) is 23.7 Å². The van der Waals surface area contributed by atoms with Gasteiger partial charge in [0.05, 0.1) is 24.5 Å². The van der Waals surface area contributed by atoms with Gasteiger partial charge < -0.3 is 20.6 Å². The molecule has 0 bridgehead atoms. The number of carbonyl (C=O) groups is 3. The lowest BCUT2D eigenvalue weighted by Crippen LogP contribution is -2.53. The van der Waals surface area contributed by atoms with Crippen LogP contribution in [0, 0.1) is 23.7 Å². The molecule has 1 aliphatic heterocycles. The fourth-order valence-corrected chi connectivity index (χ4v) is 5.33. The van der Waals surface area contributed by atoms with Crippen molar-refractivity contribution in [3.05, 3.63) is 48.0 Å². The van der Waals surface area contributed by atoms with E-state index in [9.17, 15) is 19.5 Å². The maximum atomic E-state index is 13.8. The Bertz CT molecular complexity index is 856. The van der Waals surface area contributed by atoms with E-state index < -0.39 is 29.8 Å². The Kier molecular flexibility index (Phi) is 8.67. The summed E-state index contributed by atoms with van der Waals surface area (Å²) >= 11 is 0. The third-order valence-corrected chi connectivity index (χ3v) is 7.02. The highest BCUT2D eigenvalue weighted by molar-refractivity contribution is 5.97. The van der Waals surface area contributed by atoms with Crippen LogP contribution in [0.4, 0.5) is 0 Å². The summed E-state index contributed by atoms with van der Waals surface area (Å²) in [7, 11) is 1.57. The molecule has 1 aromatic carbocycles. The van der Waals surface area contributed by atoms with Gasteiger partial charge in [-0.3, -0.25) is 14.4 Å². The van der Waals surface area contributed by atoms with Crippen molar-refractivity contribution in [1.29, 1.82) is 0 Å². The van der Waals surface area contributed by atoms with Crippen LogP contribution in [0.25, 0.3) is 0 Å². The van der Waals surface area contributed by atoms with Crippen molar-refractivity contribution in [2.45, 2.75) is 51.6 Å². The molecule has 3 N–H and O–H groups in total. The highest BCUT2D eigenvalue weighted by Gasteiger charge is 2.57.